The van der Waals surface area contributed by atoms with Crippen LogP contribution in [-0.4, -0.2) is 58.0 Å². The Labute approximate surface area is 204 Å². The number of nitrogens with zero attached hydrogens (tertiary/aromatic N) is 4. The molecule has 0 radical (unpaired) electrons. The van der Waals surface area contributed by atoms with Gasteiger partial charge in [0, 0.05) is 19.6 Å². The summed E-state index contributed by atoms with van der Waals surface area (Å²) < 4.78 is 50.5. The van der Waals surface area contributed by atoms with E-state index in [0.29, 0.717) is 30.8 Å². The fourth-order valence-corrected chi connectivity index (χ4v) is 4.05. The molecule has 9 nitrogen and oxygen atoms in total. The highest BCUT2D eigenvalue weighted by molar-refractivity contribution is 5.86. The smallest absolute Gasteiger partial charge is 0.416 e. The minimum absolute atomic E-state index is 0.0458. The number of carbonyl (C=O) groups is 2. The number of ether oxygens (including phenoxy) is 1. The number of benzene rings is 1. The molecule has 1 N–H and O–H groups in total. The highest BCUT2D eigenvalue weighted by Crippen LogP contribution is 2.30. The van der Waals surface area contributed by atoms with Gasteiger partial charge in [0.1, 0.15) is 5.76 Å². The van der Waals surface area contributed by atoms with Gasteiger partial charge in [0.2, 0.25) is 5.91 Å². The van der Waals surface area contributed by atoms with E-state index in [1.165, 1.54) is 30.1 Å². The van der Waals surface area contributed by atoms with E-state index in [2.05, 4.69) is 20.4 Å². The molecule has 1 saturated heterocycles. The van der Waals surface area contributed by atoms with E-state index < -0.39 is 23.8 Å². The second kappa shape index (κ2) is 10.8. The molecule has 1 aromatic carbocycles. The van der Waals surface area contributed by atoms with Crippen molar-refractivity contribution in [2.45, 2.75) is 31.2 Å². The number of hydrogen-bond acceptors (Lipinski definition) is 7. The molecule has 4 rings (SSSR count). The standard InChI is InChI=1S/C24H24F3N5O4/c1-35-23(34)20-15-32(30-29-20)18-12-21(31(14-18)9-3-7-19-8-4-10-36-19)22(33)28-13-16-5-2-6-17(11-16)24(25,26)27/h2-8,10-11,15,18,21H,9,12-14H2,1H3,(H,28,33)/b7-3+/t18-,21-/m0/s1. The van der Waals surface area contributed by atoms with Crippen LogP contribution in [-0.2, 0) is 22.3 Å². The van der Waals surface area contributed by atoms with Crippen molar-refractivity contribution < 1.29 is 31.9 Å². The predicted molar refractivity (Wildman–Crippen MR) is 121 cm³/mol. The van der Waals surface area contributed by atoms with Gasteiger partial charge in [0.05, 0.1) is 37.2 Å². The summed E-state index contributed by atoms with van der Waals surface area (Å²) in [6.07, 6.45) is 2.57. The van der Waals surface area contributed by atoms with Crippen molar-refractivity contribution in [3.05, 3.63) is 77.5 Å². The van der Waals surface area contributed by atoms with Crippen LogP contribution < -0.4 is 5.32 Å². The summed E-state index contributed by atoms with van der Waals surface area (Å²) in [4.78, 5) is 26.8. The second-order valence-electron chi connectivity index (χ2n) is 8.27. The van der Waals surface area contributed by atoms with Crippen LogP contribution in [0.1, 0.15) is 39.8 Å². The van der Waals surface area contributed by atoms with Crippen LogP contribution >= 0.6 is 0 Å². The highest BCUT2D eigenvalue weighted by atomic mass is 19.4. The molecule has 1 aliphatic rings. The van der Waals surface area contributed by atoms with Gasteiger partial charge in [-0.15, -0.1) is 5.10 Å². The summed E-state index contributed by atoms with van der Waals surface area (Å²) >= 11 is 0. The molecule has 0 aliphatic carbocycles. The number of furan rings is 1. The third-order valence-electron chi connectivity index (χ3n) is 5.85. The van der Waals surface area contributed by atoms with Crippen LogP contribution in [0.15, 0.2) is 59.4 Å². The Morgan fingerprint density at radius 2 is 2.11 bits per heavy atom. The molecule has 0 spiro atoms. The Balaban J connectivity index is 1.46. The molecular formula is C24H24F3N5O4. The lowest BCUT2D eigenvalue weighted by Crippen LogP contribution is -2.43. The van der Waals surface area contributed by atoms with Crippen molar-refractivity contribution in [2.75, 3.05) is 20.2 Å². The number of carbonyl (C=O) groups excluding carboxylic acids is 2. The fraction of sp³-hybridized carbons (Fsp3) is 0.333. The molecule has 3 heterocycles. The Morgan fingerprint density at radius 3 is 2.83 bits per heavy atom. The van der Waals surface area contributed by atoms with Gasteiger partial charge in [-0.3, -0.25) is 9.69 Å². The first-order valence-corrected chi connectivity index (χ1v) is 11.1. The van der Waals surface area contributed by atoms with Crippen LogP contribution in [0.25, 0.3) is 6.08 Å². The summed E-state index contributed by atoms with van der Waals surface area (Å²) in [6, 6.07) is 7.58. The number of amides is 1. The molecule has 3 aromatic rings. The lowest BCUT2D eigenvalue weighted by Gasteiger charge is -2.22. The third kappa shape index (κ3) is 6.00. The molecule has 190 valence electrons. The molecule has 1 aliphatic heterocycles. The number of halogens is 3. The van der Waals surface area contributed by atoms with Gasteiger partial charge in [0.15, 0.2) is 5.69 Å². The zero-order valence-electron chi connectivity index (χ0n) is 19.3. The van der Waals surface area contributed by atoms with Crippen LogP contribution in [0.5, 0.6) is 0 Å². The maximum absolute atomic E-state index is 13.1. The number of hydrogen-bond donors (Lipinski definition) is 1. The number of esters is 1. The molecule has 0 unspecified atom stereocenters. The SMILES string of the molecule is COC(=O)c1cn([C@H]2C[C@@H](C(=O)NCc3cccc(C(F)(F)F)c3)N(C/C=C/c3ccco3)C2)nn1. The van der Waals surface area contributed by atoms with Gasteiger partial charge in [-0.05, 0) is 42.3 Å². The van der Waals surface area contributed by atoms with Gasteiger partial charge in [-0.2, -0.15) is 13.2 Å². The van der Waals surface area contributed by atoms with Crippen molar-refractivity contribution in [2.24, 2.45) is 0 Å². The van der Waals surface area contributed by atoms with Gasteiger partial charge in [0.25, 0.3) is 0 Å². The van der Waals surface area contributed by atoms with E-state index in [1.807, 2.05) is 11.0 Å². The predicted octanol–water partition coefficient (Wildman–Crippen LogP) is 3.32. The summed E-state index contributed by atoms with van der Waals surface area (Å²) in [7, 11) is 1.24. The topological polar surface area (TPSA) is 102 Å². The second-order valence-corrected chi connectivity index (χ2v) is 8.27. The molecule has 36 heavy (non-hydrogen) atoms. The number of nitrogens with one attached hydrogen (secondary N) is 1. The summed E-state index contributed by atoms with van der Waals surface area (Å²) in [5, 5.41) is 10.6. The van der Waals surface area contributed by atoms with Gasteiger partial charge in [-0.25, -0.2) is 9.48 Å². The lowest BCUT2D eigenvalue weighted by atomic mass is 10.1. The quantitative estimate of drug-likeness (QED) is 0.471. The normalized spacial score (nSPS) is 18.6. The van der Waals surface area contributed by atoms with E-state index in [4.69, 9.17) is 4.42 Å². The molecule has 0 saturated carbocycles. The van der Waals surface area contributed by atoms with Crippen LogP contribution in [0.3, 0.4) is 0 Å². The average Bonchev–Trinajstić information content (AvgIpc) is 3.63. The van der Waals surface area contributed by atoms with E-state index in [9.17, 15) is 22.8 Å². The first kappa shape index (κ1) is 25.2. The van der Waals surface area contributed by atoms with Gasteiger partial charge < -0.3 is 14.5 Å². The van der Waals surface area contributed by atoms with E-state index in [0.717, 1.165) is 12.1 Å². The molecule has 12 heteroatoms. The molecule has 1 fully saturated rings. The number of aromatic nitrogens is 3. The molecule has 1 amide bonds. The van der Waals surface area contributed by atoms with E-state index in [1.54, 1.807) is 24.5 Å². The van der Waals surface area contributed by atoms with Crippen molar-refractivity contribution in [3.8, 4) is 0 Å². The van der Waals surface area contributed by atoms with Crippen molar-refractivity contribution >= 4 is 18.0 Å². The molecular weight excluding hydrogens is 479 g/mol. The molecule has 2 aromatic heterocycles. The number of alkyl halides is 3. The van der Waals surface area contributed by atoms with Gasteiger partial charge in [-0.1, -0.05) is 23.4 Å². The summed E-state index contributed by atoms with van der Waals surface area (Å²) in [5.41, 5.74) is -0.373. The first-order chi connectivity index (χ1) is 17.2. The first-order valence-electron chi connectivity index (χ1n) is 11.1. The maximum Gasteiger partial charge on any atom is 0.416 e. The Morgan fingerprint density at radius 1 is 1.28 bits per heavy atom. The summed E-state index contributed by atoms with van der Waals surface area (Å²) in [5.74, 6) is -0.280. The maximum atomic E-state index is 13.1. The monoisotopic (exact) mass is 503 g/mol. The van der Waals surface area contributed by atoms with Crippen molar-refractivity contribution in [3.63, 3.8) is 0 Å². The zero-order chi connectivity index (χ0) is 25.7. The van der Waals surface area contributed by atoms with Crippen molar-refractivity contribution in [1.29, 1.82) is 0 Å². The summed E-state index contributed by atoms with van der Waals surface area (Å²) in [6.45, 7) is 0.807. The zero-order valence-corrected chi connectivity index (χ0v) is 19.3. The van der Waals surface area contributed by atoms with E-state index in [-0.39, 0.29) is 24.2 Å². The minimum atomic E-state index is -4.46. The van der Waals surface area contributed by atoms with Crippen LogP contribution in [0.4, 0.5) is 13.2 Å². The fourth-order valence-electron chi connectivity index (χ4n) is 4.05. The van der Waals surface area contributed by atoms with Gasteiger partial charge >= 0.3 is 12.1 Å². The number of methoxy groups -OCH3 is 1. The lowest BCUT2D eigenvalue weighted by molar-refractivity contribution is -0.137. The molecule has 0 bridgehead atoms. The third-order valence-corrected chi connectivity index (χ3v) is 5.85. The largest absolute Gasteiger partial charge is 0.465 e. The highest BCUT2D eigenvalue weighted by Gasteiger charge is 2.38. The Hall–Kier alpha value is -3.93. The average molecular weight is 503 g/mol. The molecule has 2 atom stereocenters. The Bertz CT molecular complexity index is 1220. The van der Waals surface area contributed by atoms with Crippen molar-refractivity contribution in [1.82, 2.24) is 25.2 Å². The Kier molecular flexibility index (Phi) is 7.53. The number of rotatable bonds is 8. The number of likely N-dealkylation sites (tertiary alicyclic amines) is 1. The van der Waals surface area contributed by atoms with Crippen LogP contribution in [0.2, 0.25) is 0 Å². The van der Waals surface area contributed by atoms with Crippen LogP contribution in [0, 0.1) is 0 Å². The minimum Gasteiger partial charge on any atom is -0.465 e. The van der Waals surface area contributed by atoms with E-state index >= 15 is 0 Å².